The van der Waals surface area contributed by atoms with Gasteiger partial charge in [0.25, 0.3) is 5.91 Å². The van der Waals surface area contributed by atoms with Gasteiger partial charge in [0.15, 0.2) is 12.5 Å². The monoisotopic (exact) mass is 504 g/mol. The van der Waals surface area contributed by atoms with E-state index in [-0.39, 0.29) is 5.91 Å². The lowest BCUT2D eigenvalue weighted by atomic mass is 9.94. The van der Waals surface area contributed by atoms with Crippen LogP contribution in [-0.4, -0.2) is 39.7 Å². The second-order valence-corrected chi connectivity index (χ2v) is 10.3. The number of carbonyl (C=O) groups excluding carboxylic acids is 1. The molecule has 3 heterocycles. The fourth-order valence-electron chi connectivity index (χ4n) is 5.69. The van der Waals surface area contributed by atoms with Crippen molar-refractivity contribution < 1.29 is 4.79 Å². The minimum absolute atomic E-state index is 0.162. The number of nitrogens with zero attached hydrogens (tertiary/aromatic N) is 6. The number of aliphatic imine (C=N–C) groups is 2. The maximum absolute atomic E-state index is 13.5. The Balaban J connectivity index is 1.30. The zero-order valence-electron chi connectivity index (χ0n) is 21.8. The highest BCUT2D eigenvalue weighted by Gasteiger charge is 2.49. The van der Waals surface area contributed by atoms with Gasteiger partial charge in [-0.1, -0.05) is 68.7 Å². The van der Waals surface area contributed by atoms with Crippen LogP contribution in [0.3, 0.4) is 0 Å². The molecule has 0 radical (unpaired) electrons. The maximum Gasteiger partial charge on any atom is 0.256 e. The number of benzene rings is 2. The van der Waals surface area contributed by atoms with Crippen LogP contribution >= 0.6 is 0 Å². The molecule has 0 N–H and O–H groups in total. The summed E-state index contributed by atoms with van der Waals surface area (Å²) in [5, 5.41) is 8.30. The van der Waals surface area contributed by atoms with Gasteiger partial charge in [-0.2, -0.15) is 5.11 Å². The summed E-state index contributed by atoms with van der Waals surface area (Å²) in [6, 6.07) is 20.8. The van der Waals surface area contributed by atoms with E-state index in [0.717, 1.165) is 84.3 Å². The molecule has 1 saturated carbocycles. The highest BCUT2D eigenvalue weighted by Crippen LogP contribution is 2.40. The molecule has 1 amide bonds. The smallest absolute Gasteiger partial charge is 0.256 e. The molecule has 38 heavy (non-hydrogen) atoms. The molecule has 3 aromatic rings. The molecule has 0 bridgehead atoms. The molecule has 2 aromatic carbocycles. The van der Waals surface area contributed by atoms with Crippen molar-refractivity contribution in [2.45, 2.75) is 64.0 Å². The summed E-state index contributed by atoms with van der Waals surface area (Å²) >= 11 is 0. The van der Waals surface area contributed by atoms with Crippen LogP contribution in [-0.2, 0) is 11.3 Å². The van der Waals surface area contributed by atoms with Crippen molar-refractivity contribution in [3.8, 4) is 22.3 Å². The van der Waals surface area contributed by atoms with Crippen LogP contribution in [0.4, 0.5) is 0 Å². The molecular weight excluding hydrogens is 472 g/mol. The fraction of sp³-hybridized carbons (Fsp3) is 0.355. The van der Waals surface area contributed by atoms with Gasteiger partial charge in [0, 0.05) is 23.7 Å². The zero-order valence-corrected chi connectivity index (χ0v) is 21.8. The first-order valence-electron chi connectivity index (χ1n) is 13.6. The molecule has 1 aliphatic carbocycles. The van der Waals surface area contributed by atoms with E-state index in [1.54, 1.807) is 0 Å². The highest BCUT2D eigenvalue weighted by molar-refractivity contribution is 6.08. The van der Waals surface area contributed by atoms with Gasteiger partial charge in [-0.3, -0.25) is 19.7 Å². The second-order valence-electron chi connectivity index (χ2n) is 10.3. The van der Waals surface area contributed by atoms with Crippen LogP contribution in [0.5, 0.6) is 0 Å². The Morgan fingerprint density at radius 1 is 0.921 bits per heavy atom. The summed E-state index contributed by atoms with van der Waals surface area (Å²) in [5.74, 6) is 1.74. The largest absolute Gasteiger partial charge is 0.292 e. The summed E-state index contributed by atoms with van der Waals surface area (Å²) in [6.07, 6.45) is 8.73. The van der Waals surface area contributed by atoms with Crippen molar-refractivity contribution in [2.75, 3.05) is 6.67 Å². The summed E-state index contributed by atoms with van der Waals surface area (Å²) in [7, 11) is 0. The molecule has 0 unspecified atom stereocenters. The van der Waals surface area contributed by atoms with Crippen LogP contribution in [0.1, 0.15) is 63.1 Å². The minimum Gasteiger partial charge on any atom is -0.292 e. The Morgan fingerprint density at radius 2 is 1.74 bits per heavy atom. The molecule has 3 aliphatic rings. The van der Waals surface area contributed by atoms with Crippen LogP contribution in [0.2, 0.25) is 0 Å². The average Bonchev–Trinajstić information content (AvgIpc) is 3.72. The quantitative estimate of drug-likeness (QED) is 0.337. The van der Waals surface area contributed by atoms with Crippen molar-refractivity contribution in [1.82, 2.24) is 9.88 Å². The SMILES string of the molecule is CCCCC1=NC2(CCCC2)C(=O)N1Cc1ccc(-c2cc(-c3ccccc3)ccc2C2=NCN=N2)cn1. The molecule has 6 rings (SSSR count). The van der Waals surface area contributed by atoms with E-state index >= 15 is 0 Å². The molecule has 7 nitrogen and oxygen atoms in total. The number of amidine groups is 2. The molecule has 192 valence electrons. The molecule has 1 spiro atoms. The number of azo groups is 1. The third kappa shape index (κ3) is 4.57. The predicted molar refractivity (Wildman–Crippen MR) is 150 cm³/mol. The van der Waals surface area contributed by atoms with Gasteiger partial charge in [-0.25, -0.2) is 4.99 Å². The molecule has 0 atom stereocenters. The van der Waals surface area contributed by atoms with E-state index in [1.165, 1.54) is 0 Å². The van der Waals surface area contributed by atoms with Crippen molar-refractivity contribution >= 4 is 17.6 Å². The third-order valence-electron chi connectivity index (χ3n) is 7.76. The summed E-state index contributed by atoms with van der Waals surface area (Å²) < 4.78 is 0. The van der Waals surface area contributed by atoms with Crippen LogP contribution in [0.15, 0.2) is 87.1 Å². The molecular formula is C31H32N6O. The number of unbranched alkanes of at least 4 members (excludes halogenated alkanes) is 1. The fourth-order valence-corrected chi connectivity index (χ4v) is 5.69. The first kappa shape index (κ1) is 24.3. The Bertz CT molecular complexity index is 1420. The summed E-state index contributed by atoms with van der Waals surface area (Å²) in [4.78, 5) is 29.7. The van der Waals surface area contributed by atoms with Crippen molar-refractivity contribution in [2.24, 2.45) is 20.2 Å². The Morgan fingerprint density at radius 3 is 2.45 bits per heavy atom. The van der Waals surface area contributed by atoms with E-state index in [9.17, 15) is 4.79 Å². The number of amides is 1. The standard InChI is InChI=1S/C31H32N6O/c1-2-3-11-28-35-31(16-7-8-17-31)30(38)37(28)20-25-14-12-24(19-32-25)27-18-23(22-9-5-4-6-10-22)13-15-26(27)29-33-21-34-36-29/h4-6,9-10,12-15,18-19H,2-3,7-8,11,16-17,20-21H2,1H3. The number of carbonyl (C=O) groups is 1. The Labute approximate surface area is 223 Å². The zero-order chi connectivity index (χ0) is 26.0. The van der Waals surface area contributed by atoms with Crippen LogP contribution < -0.4 is 0 Å². The number of pyridine rings is 1. The topological polar surface area (TPSA) is 82.6 Å². The predicted octanol–water partition coefficient (Wildman–Crippen LogP) is 6.83. The molecule has 7 heteroatoms. The van der Waals surface area contributed by atoms with Crippen LogP contribution in [0.25, 0.3) is 22.3 Å². The number of rotatable bonds is 8. The normalized spacial score (nSPS) is 17.9. The van der Waals surface area contributed by atoms with E-state index in [0.29, 0.717) is 19.0 Å². The number of hydrogen-bond donors (Lipinski definition) is 0. The first-order valence-corrected chi connectivity index (χ1v) is 13.6. The van der Waals surface area contributed by atoms with Gasteiger partial charge < -0.3 is 0 Å². The van der Waals surface area contributed by atoms with Crippen molar-refractivity contribution in [1.29, 1.82) is 0 Å². The van der Waals surface area contributed by atoms with Gasteiger partial charge in [0.05, 0.1) is 12.2 Å². The molecule has 1 aromatic heterocycles. The Kier molecular flexibility index (Phi) is 6.66. The third-order valence-corrected chi connectivity index (χ3v) is 7.76. The van der Waals surface area contributed by atoms with Gasteiger partial charge >= 0.3 is 0 Å². The van der Waals surface area contributed by atoms with Crippen molar-refractivity contribution in [3.63, 3.8) is 0 Å². The number of hydrogen-bond acceptors (Lipinski definition) is 6. The second kappa shape index (κ2) is 10.4. The van der Waals surface area contributed by atoms with Crippen LogP contribution in [0, 0.1) is 0 Å². The lowest BCUT2D eigenvalue weighted by Crippen LogP contribution is -2.40. The highest BCUT2D eigenvalue weighted by atomic mass is 16.2. The van der Waals surface area contributed by atoms with Gasteiger partial charge in [-0.05, 0) is 54.2 Å². The molecule has 0 saturated heterocycles. The first-order chi connectivity index (χ1) is 18.7. The van der Waals surface area contributed by atoms with E-state index in [1.807, 2.05) is 35.4 Å². The van der Waals surface area contributed by atoms with E-state index < -0.39 is 5.54 Å². The van der Waals surface area contributed by atoms with E-state index in [4.69, 9.17) is 9.98 Å². The van der Waals surface area contributed by atoms with Gasteiger partial charge in [0.2, 0.25) is 0 Å². The lowest BCUT2D eigenvalue weighted by molar-refractivity contribution is -0.131. The summed E-state index contributed by atoms with van der Waals surface area (Å²) in [6.45, 7) is 2.99. The number of aromatic nitrogens is 1. The molecule has 2 aliphatic heterocycles. The summed E-state index contributed by atoms with van der Waals surface area (Å²) in [5.41, 5.74) is 5.53. The lowest BCUT2D eigenvalue weighted by Gasteiger charge is -2.22. The van der Waals surface area contributed by atoms with Gasteiger partial charge in [0.1, 0.15) is 11.4 Å². The van der Waals surface area contributed by atoms with Gasteiger partial charge in [-0.15, -0.1) is 5.11 Å². The Hall–Kier alpha value is -4.00. The maximum atomic E-state index is 13.5. The minimum atomic E-state index is -0.521. The average molecular weight is 505 g/mol. The van der Waals surface area contributed by atoms with Crippen molar-refractivity contribution in [3.05, 3.63) is 78.1 Å². The molecule has 1 fully saturated rings. The van der Waals surface area contributed by atoms with E-state index in [2.05, 4.69) is 58.5 Å².